The number of morpholine rings is 1. The summed E-state index contributed by atoms with van der Waals surface area (Å²) >= 11 is 0. The Morgan fingerprint density at radius 3 is 2.95 bits per heavy atom. The fourth-order valence-corrected chi connectivity index (χ4v) is 2.08. The minimum absolute atomic E-state index is 0.150. The van der Waals surface area contributed by atoms with E-state index in [2.05, 4.69) is 21.9 Å². The maximum absolute atomic E-state index is 10.6. The lowest BCUT2D eigenvalue weighted by atomic mass is 10.1. The van der Waals surface area contributed by atoms with E-state index in [9.17, 15) is 4.79 Å². The smallest absolute Gasteiger partial charge is 0.339 e. The normalized spacial score (nSPS) is 20.2. The average molecular weight is 265 g/mol. The molecule has 0 spiro atoms. The first-order valence-corrected chi connectivity index (χ1v) is 6.42. The zero-order valence-corrected chi connectivity index (χ0v) is 11.1. The predicted octanol–water partition coefficient (Wildman–Crippen LogP) is 1.38. The van der Waals surface area contributed by atoms with E-state index in [0.29, 0.717) is 6.61 Å². The van der Waals surface area contributed by atoms with E-state index in [1.807, 2.05) is 18.2 Å². The van der Waals surface area contributed by atoms with E-state index < -0.39 is 5.97 Å². The third-order valence-corrected chi connectivity index (χ3v) is 2.94. The van der Waals surface area contributed by atoms with Gasteiger partial charge in [0.2, 0.25) is 0 Å². The fourth-order valence-electron chi connectivity index (χ4n) is 2.08. The second-order valence-corrected chi connectivity index (χ2v) is 4.58. The van der Waals surface area contributed by atoms with Crippen molar-refractivity contribution in [1.82, 2.24) is 4.90 Å². The average Bonchev–Trinajstić information content (AvgIpc) is 2.40. The Morgan fingerprint density at radius 1 is 1.42 bits per heavy atom. The number of ether oxygens (including phenoxy) is 1. The van der Waals surface area contributed by atoms with Crippen LogP contribution in [0.15, 0.2) is 30.3 Å². The van der Waals surface area contributed by atoms with Gasteiger partial charge in [0.15, 0.2) is 0 Å². The zero-order valence-electron chi connectivity index (χ0n) is 11.1. The first-order chi connectivity index (χ1) is 9.24. The quantitative estimate of drug-likeness (QED) is 0.594. The Morgan fingerprint density at radius 2 is 2.21 bits per heavy atom. The van der Waals surface area contributed by atoms with E-state index in [4.69, 9.17) is 9.62 Å². The summed E-state index contributed by atoms with van der Waals surface area (Å²) in [5.74, 6) is -0.436. The Labute approximate surface area is 113 Å². The molecule has 1 aliphatic rings. The molecule has 1 saturated heterocycles. The van der Waals surface area contributed by atoms with Gasteiger partial charge in [0.05, 0.1) is 12.7 Å². The highest BCUT2D eigenvalue weighted by Crippen LogP contribution is 2.11. The number of hydrogen-bond donors (Lipinski definition) is 0. The molecule has 1 heterocycles. The van der Waals surface area contributed by atoms with Crippen LogP contribution in [0.1, 0.15) is 12.5 Å². The van der Waals surface area contributed by atoms with Gasteiger partial charge in [-0.05, 0) is 12.0 Å². The molecule has 5 heteroatoms. The van der Waals surface area contributed by atoms with Gasteiger partial charge in [-0.1, -0.05) is 30.3 Å². The van der Waals surface area contributed by atoms with Crippen molar-refractivity contribution >= 4 is 5.97 Å². The van der Waals surface area contributed by atoms with Crippen LogP contribution >= 0.6 is 0 Å². The molecule has 0 aromatic heterocycles. The van der Waals surface area contributed by atoms with Crippen LogP contribution in [0.4, 0.5) is 0 Å². The molecule has 0 N–H and O–H groups in total. The lowest BCUT2D eigenvalue weighted by molar-refractivity contribution is -0.292. The lowest BCUT2D eigenvalue weighted by Gasteiger charge is -2.32. The van der Waals surface area contributed by atoms with Crippen molar-refractivity contribution < 1.29 is 19.3 Å². The van der Waals surface area contributed by atoms with Gasteiger partial charge >= 0.3 is 5.97 Å². The standard InChI is InChI=1S/C14H19NO4/c1-12(16)19-18-11-15-7-8-17-14(10-15)9-13-5-3-2-4-6-13/h2-6,14H,7-11H2,1H3. The second-order valence-electron chi connectivity index (χ2n) is 4.58. The van der Waals surface area contributed by atoms with Crippen LogP contribution < -0.4 is 0 Å². The minimum Gasteiger partial charge on any atom is -0.375 e. The number of carbonyl (C=O) groups is 1. The zero-order chi connectivity index (χ0) is 13.5. The van der Waals surface area contributed by atoms with E-state index >= 15 is 0 Å². The molecule has 2 rings (SSSR count). The predicted molar refractivity (Wildman–Crippen MR) is 69.2 cm³/mol. The Balaban J connectivity index is 1.75. The first-order valence-electron chi connectivity index (χ1n) is 6.42. The van der Waals surface area contributed by atoms with Gasteiger partial charge in [-0.25, -0.2) is 4.79 Å². The molecule has 1 fully saturated rings. The number of hydrogen-bond acceptors (Lipinski definition) is 5. The molecule has 1 aromatic rings. The fraction of sp³-hybridized carbons (Fsp3) is 0.500. The summed E-state index contributed by atoms with van der Waals surface area (Å²) in [6.45, 7) is 3.83. The molecule has 0 radical (unpaired) electrons. The third kappa shape index (κ3) is 4.98. The van der Waals surface area contributed by atoms with Crippen molar-refractivity contribution in [3.63, 3.8) is 0 Å². The van der Waals surface area contributed by atoms with E-state index in [-0.39, 0.29) is 12.8 Å². The van der Waals surface area contributed by atoms with Crippen molar-refractivity contribution in [1.29, 1.82) is 0 Å². The molecule has 0 amide bonds. The number of carbonyl (C=O) groups excluding carboxylic acids is 1. The summed E-state index contributed by atoms with van der Waals surface area (Å²) in [5, 5.41) is 0. The van der Waals surface area contributed by atoms with Crippen LogP contribution in [-0.2, 0) is 25.7 Å². The highest BCUT2D eigenvalue weighted by atomic mass is 17.2. The SMILES string of the molecule is CC(=O)OOCN1CCOC(Cc2ccccc2)C1. The summed E-state index contributed by atoms with van der Waals surface area (Å²) in [6, 6.07) is 10.2. The Kier molecular flexibility index (Phi) is 5.32. The maximum atomic E-state index is 10.6. The molecule has 0 bridgehead atoms. The van der Waals surface area contributed by atoms with Crippen LogP contribution in [0.2, 0.25) is 0 Å². The summed E-state index contributed by atoms with van der Waals surface area (Å²) < 4.78 is 5.73. The van der Waals surface area contributed by atoms with Crippen molar-refractivity contribution in [2.24, 2.45) is 0 Å². The van der Waals surface area contributed by atoms with Gasteiger partial charge in [0.1, 0.15) is 6.73 Å². The minimum atomic E-state index is -0.436. The molecule has 0 aliphatic carbocycles. The molecule has 1 aromatic carbocycles. The van der Waals surface area contributed by atoms with Gasteiger partial charge < -0.3 is 4.74 Å². The summed E-state index contributed by atoms with van der Waals surface area (Å²) in [6.07, 6.45) is 1.03. The van der Waals surface area contributed by atoms with Gasteiger partial charge in [-0.3, -0.25) is 9.79 Å². The van der Waals surface area contributed by atoms with Gasteiger partial charge in [-0.2, -0.15) is 4.89 Å². The van der Waals surface area contributed by atoms with E-state index in [1.165, 1.54) is 12.5 Å². The third-order valence-electron chi connectivity index (χ3n) is 2.94. The van der Waals surface area contributed by atoms with Crippen molar-refractivity contribution in [3.8, 4) is 0 Å². The summed E-state index contributed by atoms with van der Waals surface area (Å²) in [7, 11) is 0. The van der Waals surface area contributed by atoms with Crippen LogP contribution in [0, 0.1) is 0 Å². The van der Waals surface area contributed by atoms with E-state index in [0.717, 1.165) is 19.5 Å². The molecule has 0 saturated carbocycles. The maximum Gasteiger partial charge on any atom is 0.339 e. The molecular weight excluding hydrogens is 246 g/mol. The summed E-state index contributed by atoms with van der Waals surface area (Å²) in [4.78, 5) is 22.0. The highest BCUT2D eigenvalue weighted by molar-refractivity contribution is 5.65. The van der Waals surface area contributed by atoms with Gasteiger partial charge in [0, 0.05) is 20.0 Å². The van der Waals surface area contributed by atoms with Crippen LogP contribution in [0.5, 0.6) is 0 Å². The topological polar surface area (TPSA) is 48.0 Å². The van der Waals surface area contributed by atoms with Gasteiger partial charge in [-0.15, -0.1) is 0 Å². The molecule has 19 heavy (non-hydrogen) atoms. The van der Waals surface area contributed by atoms with Crippen molar-refractivity contribution in [2.45, 2.75) is 19.4 Å². The monoisotopic (exact) mass is 265 g/mol. The molecule has 5 nitrogen and oxygen atoms in total. The molecule has 1 aliphatic heterocycles. The van der Waals surface area contributed by atoms with Crippen LogP contribution in [0.25, 0.3) is 0 Å². The van der Waals surface area contributed by atoms with Crippen molar-refractivity contribution in [3.05, 3.63) is 35.9 Å². The van der Waals surface area contributed by atoms with Crippen LogP contribution in [0.3, 0.4) is 0 Å². The number of benzene rings is 1. The highest BCUT2D eigenvalue weighted by Gasteiger charge is 2.21. The molecule has 1 unspecified atom stereocenters. The molecule has 1 atom stereocenters. The van der Waals surface area contributed by atoms with Crippen LogP contribution in [-0.4, -0.2) is 43.4 Å². The summed E-state index contributed by atoms with van der Waals surface area (Å²) in [5.41, 5.74) is 1.26. The lowest BCUT2D eigenvalue weighted by Crippen LogP contribution is -2.44. The first kappa shape index (κ1) is 14.0. The second kappa shape index (κ2) is 7.23. The van der Waals surface area contributed by atoms with E-state index in [1.54, 1.807) is 0 Å². The number of nitrogens with zero attached hydrogens (tertiary/aromatic N) is 1. The molecular formula is C14H19NO4. The molecule has 104 valence electrons. The van der Waals surface area contributed by atoms with Gasteiger partial charge in [0.25, 0.3) is 0 Å². The Bertz CT molecular complexity index is 396. The van der Waals surface area contributed by atoms with Crippen molar-refractivity contribution in [2.75, 3.05) is 26.4 Å². The Hall–Kier alpha value is -1.43. The largest absolute Gasteiger partial charge is 0.375 e. The number of rotatable bonds is 5.